The van der Waals surface area contributed by atoms with E-state index in [1.54, 1.807) is 0 Å². The zero-order valence-electron chi connectivity index (χ0n) is 5.60. The van der Waals surface area contributed by atoms with Crippen molar-refractivity contribution in [1.29, 1.82) is 0 Å². The fourth-order valence-electron chi connectivity index (χ4n) is 1.08. The number of rotatable bonds is 1. The van der Waals surface area contributed by atoms with Crippen LogP contribution in [0.25, 0.3) is 0 Å². The number of ether oxygens (including phenoxy) is 1. The average molecular weight is 148 g/mol. The molecule has 0 aromatic rings. The van der Waals surface area contributed by atoms with E-state index in [-0.39, 0.29) is 13.0 Å². The molecule has 3 atom stereocenters. The highest BCUT2D eigenvalue weighted by atomic mass is 16.6. The Hall–Kier alpha value is -0.160. The summed E-state index contributed by atoms with van der Waals surface area (Å²) in [6, 6.07) is 0. The summed E-state index contributed by atoms with van der Waals surface area (Å²) in [6.07, 6.45) is -1.20. The van der Waals surface area contributed by atoms with E-state index in [1.807, 2.05) is 0 Å². The first-order chi connectivity index (χ1) is 4.72. The minimum absolute atomic E-state index is 0.145. The molecule has 0 amide bonds. The van der Waals surface area contributed by atoms with Gasteiger partial charge in [0.1, 0.15) is 0 Å². The third-order valence-corrected chi connectivity index (χ3v) is 1.56. The van der Waals surface area contributed by atoms with Crippen molar-refractivity contribution in [3.63, 3.8) is 0 Å². The van der Waals surface area contributed by atoms with Gasteiger partial charge in [-0.3, -0.25) is 0 Å². The first-order valence-electron chi connectivity index (χ1n) is 3.35. The maximum absolute atomic E-state index is 9.03. The molecule has 3 N–H and O–H groups in total. The summed E-state index contributed by atoms with van der Waals surface area (Å²) in [4.78, 5) is 0. The molecular formula is C6H12O4. The Labute approximate surface area is 59.1 Å². The van der Waals surface area contributed by atoms with Gasteiger partial charge in [0.05, 0.1) is 18.8 Å². The Bertz CT molecular complexity index is 95.9. The maximum Gasteiger partial charge on any atom is 0.157 e. The van der Waals surface area contributed by atoms with E-state index in [1.165, 1.54) is 0 Å². The minimum atomic E-state index is -0.916. The Morgan fingerprint density at radius 3 is 2.50 bits per heavy atom. The monoisotopic (exact) mass is 148 g/mol. The van der Waals surface area contributed by atoms with Crippen LogP contribution in [0.2, 0.25) is 0 Å². The second-order valence-corrected chi connectivity index (χ2v) is 2.52. The van der Waals surface area contributed by atoms with E-state index < -0.39 is 18.5 Å². The molecule has 1 fully saturated rings. The van der Waals surface area contributed by atoms with Crippen LogP contribution in [0, 0.1) is 0 Å². The minimum Gasteiger partial charge on any atom is -0.394 e. The van der Waals surface area contributed by atoms with Crippen molar-refractivity contribution in [2.75, 3.05) is 6.61 Å². The van der Waals surface area contributed by atoms with Gasteiger partial charge in [0, 0.05) is 12.8 Å². The average Bonchev–Trinajstić information content (AvgIpc) is 1.85. The Morgan fingerprint density at radius 2 is 2.00 bits per heavy atom. The van der Waals surface area contributed by atoms with Crippen molar-refractivity contribution >= 4 is 0 Å². The van der Waals surface area contributed by atoms with Crippen LogP contribution in [-0.2, 0) is 4.74 Å². The lowest BCUT2D eigenvalue weighted by Gasteiger charge is -2.28. The van der Waals surface area contributed by atoms with E-state index in [0.717, 1.165) is 0 Å². The fraction of sp³-hybridized carbons (Fsp3) is 1.00. The molecule has 1 saturated heterocycles. The fourth-order valence-corrected chi connectivity index (χ4v) is 1.08. The Morgan fingerprint density at radius 1 is 1.30 bits per heavy atom. The first-order valence-corrected chi connectivity index (χ1v) is 3.35. The molecule has 0 bridgehead atoms. The van der Waals surface area contributed by atoms with E-state index in [4.69, 9.17) is 20.1 Å². The molecule has 4 heteroatoms. The van der Waals surface area contributed by atoms with Crippen molar-refractivity contribution in [2.24, 2.45) is 0 Å². The first kappa shape index (κ1) is 7.94. The van der Waals surface area contributed by atoms with Gasteiger partial charge < -0.3 is 20.1 Å². The van der Waals surface area contributed by atoms with E-state index >= 15 is 0 Å². The van der Waals surface area contributed by atoms with Gasteiger partial charge in [0.2, 0.25) is 0 Å². The van der Waals surface area contributed by atoms with Gasteiger partial charge in [0.15, 0.2) is 6.29 Å². The van der Waals surface area contributed by atoms with Gasteiger partial charge in [-0.1, -0.05) is 0 Å². The van der Waals surface area contributed by atoms with Crippen LogP contribution in [-0.4, -0.2) is 40.4 Å². The molecule has 0 saturated carbocycles. The number of hydrogen-bond donors (Lipinski definition) is 3. The summed E-state index contributed by atoms with van der Waals surface area (Å²) in [5.41, 5.74) is 0. The molecule has 1 aliphatic heterocycles. The zero-order valence-corrected chi connectivity index (χ0v) is 5.60. The summed E-state index contributed by atoms with van der Waals surface area (Å²) in [6.45, 7) is -0.145. The van der Waals surface area contributed by atoms with Crippen LogP contribution in [0.1, 0.15) is 12.8 Å². The number of aliphatic hydroxyl groups excluding tert-OH is 3. The highest BCUT2D eigenvalue weighted by Gasteiger charge is 2.25. The highest BCUT2D eigenvalue weighted by Crippen LogP contribution is 2.17. The van der Waals surface area contributed by atoms with Gasteiger partial charge in [-0.15, -0.1) is 0 Å². The Balaban J connectivity index is 2.35. The summed E-state index contributed by atoms with van der Waals surface area (Å²) >= 11 is 0. The molecule has 0 radical (unpaired) electrons. The summed E-state index contributed by atoms with van der Waals surface area (Å²) in [5, 5.41) is 26.5. The standard InChI is InChI=1S/C6H12O4/c7-3-5-1-4(8)2-6(9)10-5/h4-9H,1-3H2/t4-,5+,6+/m0/s1. The van der Waals surface area contributed by atoms with Gasteiger partial charge in [0.25, 0.3) is 0 Å². The number of hydrogen-bond acceptors (Lipinski definition) is 4. The van der Waals surface area contributed by atoms with Crippen molar-refractivity contribution in [3.05, 3.63) is 0 Å². The summed E-state index contributed by atoms with van der Waals surface area (Å²) in [5.74, 6) is 0. The molecular weight excluding hydrogens is 136 g/mol. The summed E-state index contributed by atoms with van der Waals surface area (Å²) in [7, 11) is 0. The number of aliphatic hydroxyl groups is 3. The van der Waals surface area contributed by atoms with Crippen LogP contribution in [0.5, 0.6) is 0 Å². The lowest BCUT2D eigenvalue weighted by molar-refractivity contribution is -0.197. The molecule has 10 heavy (non-hydrogen) atoms. The third-order valence-electron chi connectivity index (χ3n) is 1.56. The van der Waals surface area contributed by atoms with Gasteiger partial charge in [-0.2, -0.15) is 0 Å². The SMILES string of the molecule is OC[C@H]1C[C@H](O)C[C@H](O)O1. The van der Waals surface area contributed by atoms with Crippen molar-refractivity contribution in [3.8, 4) is 0 Å². The highest BCUT2D eigenvalue weighted by molar-refractivity contribution is 4.71. The molecule has 0 spiro atoms. The molecule has 1 heterocycles. The molecule has 1 aliphatic rings. The predicted molar refractivity (Wildman–Crippen MR) is 33.2 cm³/mol. The quantitative estimate of drug-likeness (QED) is 0.438. The zero-order chi connectivity index (χ0) is 7.56. The lowest BCUT2D eigenvalue weighted by atomic mass is 10.1. The molecule has 0 aromatic heterocycles. The van der Waals surface area contributed by atoms with Crippen LogP contribution < -0.4 is 0 Å². The van der Waals surface area contributed by atoms with Gasteiger partial charge in [-0.05, 0) is 0 Å². The maximum atomic E-state index is 9.03. The normalized spacial score (nSPS) is 41.7. The Kier molecular flexibility index (Phi) is 2.62. The van der Waals surface area contributed by atoms with Crippen LogP contribution in [0.3, 0.4) is 0 Å². The lowest BCUT2D eigenvalue weighted by Crippen LogP contribution is -2.37. The second kappa shape index (κ2) is 3.30. The largest absolute Gasteiger partial charge is 0.394 e. The molecule has 4 nitrogen and oxygen atoms in total. The summed E-state index contributed by atoms with van der Waals surface area (Å²) < 4.78 is 4.85. The second-order valence-electron chi connectivity index (χ2n) is 2.52. The molecule has 1 rings (SSSR count). The van der Waals surface area contributed by atoms with Crippen molar-refractivity contribution in [1.82, 2.24) is 0 Å². The molecule has 0 aromatic carbocycles. The third kappa shape index (κ3) is 1.91. The molecule has 0 unspecified atom stereocenters. The van der Waals surface area contributed by atoms with Crippen molar-refractivity contribution < 1.29 is 20.1 Å². The molecule has 60 valence electrons. The van der Waals surface area contributed by atoms with E-state index in [9.17, 15) is 0 Å². The smallest absolute Gasteiger partial charge is 0.157 e. The van der Waals surface area contributed by atoms with E-state index in [0.29, 0.717) is 6.42 Å². The van der Waals surface area contributed by atoms with E-state index in [2.05, 4.69) is 0 Å². The van der Waals surface area contributed by atoms with Crippen LogP contribution >= 0.6 is 0 Å². The molecule has 0 aliphatic carbocycles. The van der Waals surface area contributed by atoms with Crippen LogP contribution in [0.4, 0.5) is 0 Å². The van der Waals surface area contributed by atoms with Crippen LogP contribution in [0.15, 0.2) is 0 Å². The van der Waals surface area contributed by atoms with Gasteiger partial charge in [-0.25, -0.2) is 0 Å². The predicted octanol–water partition coefficient (Wildman–Crippen LogP) is -1.16. The topological polar surface area (TPSA) is 69.9 Å². The van der Waals surface area contributed by atoms with Crippen molar-refractivity contribution in [2.45, 2.75) is 31.3 Å². The van der Waals surface area contributed by atoms with Gasteiger partial charge >= 0.3 is 0 Å².